The van der Waals surface area contributed by atoms with Gasteiger partial charge in [-0.2, -0.15) is 0 Å². The molecule has 278 valence electrons. The highest BCUT2D eigenvalue weighted by atomic mass is 19.1. The number of carbonyl (C=O) groups is 7. The molecular formula is C35H46F2N6O8. The van der Waals surface area contributed by atoms with Crippen LogP contribution in [0.15, 0.2) is 30.4 Å². The number of allylic oxidation sites excluding steroid dienone is 1. The Balaban J connectivity index is 1.68. The highest BCUT2D eigenvalue weighted by Gasteiger charge is 2.43. The van der Waals surface area contributed by atoms with E-state index in [0.29, 0.717) is 18.9 Å². The quantitative estimate of drug-likeness (QED) is 0.272. The molecule has 3 aliphatic heterocycles. The van der Waals surface area contributed by atoms with Gasteiger partial charge in [-0.1, -0.05) is 19.9 Å². The van der Waals surface area contributed by atoms with Crippen LogP contribution in [0.1, 0.15) is 58.9 Å². The summed E-state index contributed by atoms with van der Waals surface area (Å²) in [5, 5.41) is 7.67. The number of amides is 6. The SMILES string of the molecule is CC(C)C=CC(=O)N[C@@H](Cc1cc(F)cc(F)c1)C(=O)N[C@H]1COC(=O)[C@@H]2CCCN2C(=O)[C@H](C)NC(=O)[C@H](C)N(C)C(=O)[C@@H]2CCCN2C1=O. The smallest absolute Gasteiger partial charge is 0.328 e. The number of ether oxygens (including phenoxy) is 1. The highest BCUT2D eigenvalue weighted by Crippen LogP contribution is 2.23. The minimum absolute atomic E-state index is 0.00660. The maximum Gasteiger partial charge on any atom is 0.328 e. The Morgan fingerprint density at radius 3 is 2.18 bits per heavy atom. The number of rotatable bonds is 7. The summed E-state index contributed by atoms with van der Waals surface area (Å²) >= 11 is 0. The number of hydrogen-bond acceptors (Lipinski definition) is 8. The number of likely N-dealkylation sites (N-methyl/N-ethyl adjacent to an activating group) is 1. The monoisotopic (exact) mass is 716 g/mol. The molecule has 3 aliphatic rings. The first-order chi connectivity index (χ1) is 24.1. The minimum atomic E-state index is -1.56. The van der Waals surface area contributed by atoms with E-state index in [2.05, 4.69) is 16.0 Å². The summed E-state index contributed by atoms with van der Waals surface area (Å²) in [5.41, 5.74) is 0.0446. The zero-order valence-electron chi connectivity index (χ0n) is 29.4. The molecule has 0 aromatic heterocycles. The van der Waals surface area contributed by atoms with Crippen molar-refractivity contribution >= 4 is 41.4 Å². The fourth-order valence-electron chi connectivity index (χ4n) is 6.39. The number of nitrogens with one attached hydrogen (secondary N) is 3. The molecule has 0 radical (unpaired) electrons. The van der Waals surface area contributed by atoms with Gasteiger partial charge in [-0.15, -0.1) is 0 Å². The summed E-state index contributed by atoms with van der Waals surface area (Å²) in [4.78, 5) is 98.1. The van der Waals surface area contributed by atoms with Gasteiger partial charge < -0.3 is 35.4 Å². The van der Waals surface area contributed by atoms with Crippen LogP contribution in [0.25, 0.3) is 0 Å². The normalized spacial score (nSPS) is 25.8. The predicted octanol–water partition coefficient (Wildman–Crippen LogP) is 0.580. The number of hydrogen-bond donors (Lipinski definition) is 3. The third-order valence-corrected chi connectivity index (χ3v) is 9.30. The maximum absolute atomic E-state index is 14.2. The lowest BCUT2D eigenvalue weighted by molar-refractivity contribution is -0.158. The summed E-state index contributed by atoms with van der Waals surface area (Å²) < 4.78 is 33.7. The highest BCUT2D eigenvalue weighted by molar-refractivity contribution is 5.98. The molecular weight excluding hydrogens is 670 g/mol. The fourth-order valence-corrected chi connectivity index (χ4v) is 6.39. The molecule has 3 heterocycles. The van der Waals surface area contributed by atoms with Gasteiger partial charge in [-0.25, -0.2) is 13.6 Å². The molecule has 6 atom stereocenters. The Labute approximate surface area is 295 Å². The molecule has 3 fully saturated rings. The Kier molecular flexibility index (Phi) is 12.9. The van der Waals surface area contributed by atoms with Crippen LogP contribution in [0.2, 0.25) is 0 Å². The number of esters is 1. The third-order valence-electron chi connectivity index (χ3n) is 9.30. The van der Waals surface area contributed by atoms with Crippen LogP contribution in [0.3, 0.4) is 0 Å². The number of fused-ring (bicyclic) bond motifs is 2. The van der Waals surface area contributed by atoms with Crippen molar-refractivity contribution in [3.05, 3.63) is 47.5 Å². The van der Waals surface area contributed by atoms with E-state index in [-0.39, 0.29) is 43.8 Å². The molecule has 0 bridgehead atoms. The second-order valence-electron chi connectivity index (χ2n) is 13.6. The van der Waals surface area contributed by atoms with E-state index in [4.69, 9.17) is 4.74 Å². The van der Waals surface area contributed by atoms with Gasteiger partial charge in [0.1, 0.15) is 54.5 Å². The standard InChI is InChI=1S/C35H46F2N6O8/c1-19(2)10-11-29(44)39-25(16-22-14-23(36)17-24(37)15-22)31(46)40-26-18-51-35(50)28-9-7-13-43(28)32(47)20(3)38-30(45)21(4)41(5)34(49)27-8-6-12-42(27)33(26)48/h10-11,14-15,17,19-21,25-28H,6-9,12-13,16,18H2,1-5H3,(H,38,45)(H,39,44)(H,40,46)/t20-,21-,25-,26-,27-,28-/m0/s1. The van der Waals surface area contributed by atoms with E-state index in [0.717, 1.165) is 12.1 Å². The molecule has 3 saturated heterocycles. The van der Waals surface area contributed by atoms with Gasteiger partial charge in [-0.05, 0) is 69.2 Å². The van der Waals surface area contributed by atoms with Crippen molar-refractivity contribution in [2.45, 2.75) is 96.1 Å². The van der Waals surface area contributed by atoms with Crippen molar-refractivity contribution < 1.29 is 47.1 Å². The summed E-state index contributed by atoms with van der Waals surface area (Å²) in [5.74, 6) is -6.69. The van der Waals surface area contributed by atoms with E-state index in [1.165, 1.54) is 41.7 Å². The van der Waals surface area contributed by atoms with Gasteiger partial charge in [0.2, 0.25) is 35.4 Å². The van der Waals surface area contributed by atoms with Crippen molar-refractivity contribution in [3.8, 4) is 0 Å². The Morgan fingerprint density at radius 1 is 0.941 bits per heavy atom. The first-order valence-electron chi connectivity index (χ1n) is 17.2. The summed E-state index contributed by atoms with van der Waals surface area (Å²) in [7, 11) is 1.41. The van der Waals surface area contributed by atoms with E-state index in [1.54, 1.807) is 6.08 Å². The van der Waals surface area contributed by atoms with Gasteiger partial charge in [-0.3, -0.25) is 28.8 Å². The maximum atomic E-state index is 14.2. The predicted molar refractivity (Wildman–Crippen MR) is 178 cm³/mol. The molecule has 0 saturated carbocycles. The van der Waals surface area contributed by atoms with Gasteiger partial charge >= 0.3 is 5.97 Å². The minimum Gasteiger partial charge on any atom is -0.461 e. The van der Waals surface area contributed by atoms with Crippen LogP contribution in [0.5, 0.6) is 0 Å². The fraction of sp³-hybridized carbons (Fsp3) is 0.571. The van der Waals surface area contributed by atoms with Crippen LogP contribution in [0, 0.1) is 17.6 Å². The molecule has 14 nitrogen and oxygen atoms in total. The van der Waals surface area contributed by atoms with Crippen LogP contribution >= 0.6 is 0 Å². The first-order valence-corrected chi connectivity index (χ1v) is 17.2. The van der Waals surface area contributed by atoms with Crippen LogP contribution in [-0.2, 0) is 44.7 Å². The molecule has 4 rings (SSSR count). The Morgan fingerprint density at radius 2 is 1.55 bits per heavy atom. The average Bonchev–Trinajstić information content (AvgIpc) is 3.77. The molecule has 1 aromatic rings. The number of carbonyl (C=O) groups excluding carboxylic acids is 7. The van der Waals surface area contributed by atoms with Gasteiger partial charge in [0.15, 0.2) is 0 Å². The topological polar surface area (TPSA) is 175 Å². The second-order valence-corrected chi connectivity index (χ2v) is 13.6. The van der Waals surface area contributed by atoms with Gasteiger partial charge in [0.25, 0.3) is 0 Å². The molecule has 16 heteroatoms. The number of benzene rings is 1. The summed E-state index contributed by atoms with van der Waals surface area (Å²) in [6.45, 7) is 6.29. The van der Waals surface area contributed by atoms with Crippen molar-refractivity contribution in [2.75, 3.05) is 26.7 Å². The zero-order valence-corrected chi connectivity index (χ0v) is 29.4. The van der Waals surface area contributed by atoms with E-state index < -0.39 is 95.9 Å². The summed E-state index contributed by atoms with van der Waals surface area (Å²) in [6, 6.07) is -4.40. The largest absolute Gasteiger partial charge is 0.461 e. The number of nitrogens with zero attached hydrogens (tertiary/aromatic N) is 3. The lowest BCUT2D eigenvalue weighted by Gasteiger charge is -2.34. The number of halogens is 2. The van der Waals surface area contributed by atoms with Crippen molar-refractivity contribution in [3.63, 3.8) is 0 Å². The lowest BCUT2D eigenvalue weighted by Crippen LogP contribution is -2.60. The van der Waals surface area contributed by atoms with Crippen molar-refractivity contribution in [1.82, 2.24) is 30.7 Å². The third kappa shape index (κ3) is 9.67. The van der Waals surface area contributed by atoms with Crippen molar-refractivity contribution in [2.24, 2.45) is 5.92 Å². The molecule has 0 unspecified atom stereocenters. The van der Waals surface area contributed by atoms with E-state index in [9.17, 15) is 42.3 Å². The van der Waals surface area contributed by atoms with Gasteiger partial charge in [0.05, 0.1) is 0 Å². The molecule has 1 aromatic carbocycles. The van der Waals surface area contributed by atoms with Crippen LogP contribution in [0.4, 0.5) is 8.78 Å². The first kappa shape index (κ1) is 38.9. The van der Waals surface area contributed by atoms with E-state index in [1.807, 2.05) is 13.8 Å². The van der Waals surface area contributed by atoms with Crippen molar-refractivity contribution in [1.29, 1.82) is 0 Å². The van der Waals surface area contributed by atoms with E-state index >= 15 is 0 Å². The Hall–Kier alpha value is -4.89. The summed E-state index contributed by atoms with van der Waals surface area (Å²) in [6.07, 6.45) is 3.84. The van der Waals surface area contributed by atoms with Gasteiger partial charge in [0, 0.05) is 32.6 Å². The molecule has 0 spiro atoms. The molecule has 0 aliphatic carbocycles. The molecule has 3 N–H and O–H groups in total. The lowest BCUT2D eigenvalue weighted by atomic mass is 10.0. The Bertz CT molecular complexity index is 1550. The van der Waals surface area contributed by atoms with Crippen LogP contribution in [-0.4, -0.2) is 119 Å². The van der Waals surface area contributed by atoms with Crippen LogP contribution < -0.4 is 16.0 Å². The second kappa shape index (κ2) is 16.9. The average molecular weight is 717 g/mol. The molecule has 6 amide bonds. The zero-order chi connectivity index (χ0) is 37.6. The molecule has 51 heavy (non-hydrogen) atoms. The number of cyclic esters (lactones) is 1.